The fourth-order valence-corrected chi connectivity index (χ4v) is 3.76. The van der Waals surface area contributed by atoms with Crippen LogP contribution in [0.2, 0.25) is 0 Å². The standard InChI is InChI=1S/C17H24N2O4/c1-3-22-14-9-13(17(14)6-4-7-17)19-15(20)10-18-16(21)12-5-8-23-11(12)2/h5,8,13-14H,3-4,6-7,9-10H2,1-2H3,(H,18,21)(H,19,20). The minimum absolute atomic E-state index is 0.0185. The number of furan rings is 1. The van der Waals surface area contributed by atoms with Crippen LogP contribution in [0.4, 0.5) is 0 Å². The summed E-state index contributed by atoms with van der Waals surface area (Å²) in [7, 11) is 0. The van der Waals surface area contributed by atoms with Crippen molar-refractivity contribution < 1.29 is 18.7 Å². The van der Waals surface area contributed by atoms with Gasteiger partial charge in [0.15, 0.2) is 0 Å². The van der Waals surface area contributed by atoms with E-state index in [0.29, 0.717) is 17.9 Å². The Hall–Kier alpha value is -1.82. The molecule has 0 aromatic carbocycles. The monoisotopic (exact) mass is 320 g/mol. The largest absolute Gasteiger partial charge is 0.469 e. The molecule has 6 nitrogen and oxygen atoms in total. The molecular formula is C17H24N2O4. The lowest BCUT2D eigenvalue weighted by atomic mass is 9.51. The van der Waals surface area contributed by atoms with Crippen molar-refractivity contribution in [1.82, 2.24) is 10.6 Å². The number of hydrogen-bond donors (Lipinski definition) is 2. The van der Waals surface area contributed by atoms with Crippen molar-refractivity contribution in [2.45, 2.75) is 51.7 Å². The van der Waals surface area contributed by atoms with Crippen LogP contribution in [0.25, 0.3) is 0 Å². The van der Waals surface area contributed by atoms with E-state index in [9.17, 15) is 9.59 Å². The minimum Gasteiger partial charge on any atom is -0.469 e. The van der Waals surface area contributed by atoms with Crippen LogP contribution in [0.15, 0.2) is 16.7 Å². The highest BCUT2D eigenvalue weighted by atomic mass is 16.5. The molecule has 3 rings (SSSR count). The normalized spacial score (nSPS) is 24.6. The summed E-state index contributed by atoms with van der Waals surface area (Å²) in [5.41, 5.74) is 0.602. The van der Waals surface area contributed by atoms with E-state index in [2.05, 4.69) is 10.6 Å². The van der Waals surface area contributed by atoms with Crippen LogP contribution in [0.3, 0.4) is 0 Å². The number of carbonyl (C=O) groups is 2. The molecule has 2 saturated carbocycles. The van der Waals surface area contributed by atoms with Crippen LogP contribution < -0.4 is 10.6 Å². The third kappa shape index (κ3) is 2.87. The van der Waals surface area contributed by atoms with E-state index in [1.54, 1.807) is 13.0 Å². The maximum Gasteiger partial charge on any atom is 0.255 e. The molecule has 0 saturated heterocycles. The third-order valence-electron chi connectivity index (χ3n) is 5.29. The van der Waals surface area contributed by atoms with E-state index < -0.39 is 0 Å². The Bertz CT molecular complexity index is 591. The Balaban J connectivity index is 1.47. The van der Waals surface area contributed by atoms with Crippen molar-refractivity contribution in [1.29, 1.82) is 0 Å². The molecule has 2 amide bonds. The minimum atomic E-state index is -0.287. The second kappa shape index (κ2) is 6.35. The van der Waals surface area contributed by atoms with Gasteiger partial charge in [0.2, 0.25) is 5.91 Å². The van der Waals surface area contributed by atoms with E-state index >= 15 is 0 Å². The van der Waals surface area contributed by atoms with E-state index in [4.69, 9.17) is 9.15 Å². The molecule has 23 heavy (non-hydrogen) atoms. The highest BCUT2D eigenvalue weighted by molar-refractivity contribution is 5.97. The Kier molecular flexibility index (Phi) is 4.43. The molecule has 2 atom stereocenters. The summed E-state index contributed by atoms with van der Waals surface area (Å²) in [5, 5.41) is 5.69. The zero-order valence-corrected chi connectivity index (χ0v) is 13.7. The number of nitrogens with one attached hydrogen (secondary N) is 2. The molecule has 2 aliphatic rings. The van der Waals surface area contributed by atoms with Crippen molar-refractivity contribution >= 4 is 11.8 Å². The van der Waals surface area contributed by atoms with Crippen molar-refractivity contribution in [2.75, 3.05) is 13.2 Å². The Morgan fingerprint density at radius 2 is 2.22 bits per heavy atom. The summed E-state index contributed by atoms with van der Waals surface area (Å²) in [5.74, 6) is 0.117. The second-order valence-corrected chi connectivity index (χ2v) is 6.46. The molecule has 0 aliphatic heterocycles. The van der Waals surface area contributed by atoms with Gasteiger partial charge < -0.3 is 19.8 Å². The first-order valence-corrected chi connectivity index (χ1v) is 8.30. The lowest BCUT2D eigenvalue weighted by Crippen LogP contribution is -2.68. The van der Waals surface area contributed by atoms with Crippen molar-refractivity contribution in [3.8, 4) is 0 Å². The maximum absolute atomic E-state index is 12.1. The topological polar surface area (TPSA) is 80.6 Å². The predicted octanol–water partition coefficient (Wildman–Crippen LogP) is 1.78. The van der Waals surface area contributed by atoms with Crippen LogP contribution in [-0.2, 0) is 9.53 Å². The summed E-state index contributed by atoms with van der Waals surface area (Å²) < 4.78 is 10.9. The van der Waals surface area contributed by atoms with Gasteiger partial charge >= 0.3 is 0 Å². The van der Waals surface area contributed by atoms with Gasteiger partial charge in [-0.1, -0.05) is 6.42 Å². The summed E-state index contributed by atoms with van der Waals surface area (Å²) in [4.78, 5) is 24.1. The molecule has 1 spiro atoms. The molecule has 1 aromatic heterocycles. The molecule has 126 valence electrons. The molecule has 1 heterocycles. The lowest BCUT2D eigenvalue weighted by Gasteiger charge is -2.61. The fourth-order valence-electron chi connectivity index (χ4n) is 3.76. The molecule has 2 fully saturated rings. The van der Waals surface area contributed by atoms with E-state index in [-0.39, 0.29) is 35.9 Å². The summed E-state index contributed by atoms with van der Waals surface area (Å²) >= 11 is 0. The van der Waals surface area contributed by atoms with E-state index in [1.807, 2.05) is 6.92 Å². The number of ether oxygens (including phenoxy) is 1. The molecule has 0 radical (unpaired) electrons. The van der Waals surface area contributed by atoms with Gasteiger partial charge in [-0.25, -0.2) is 0 Å². The maximum atomic E-state index is 12.1. The summed E-state index contributed by atoms with van der Waals surface area (Å²) in [6.45, 7) is 4.42. The number of aryl methyl sites for hydroxylation is 1. The van der Waals surface area contributed by atoms with Crippen molar-refractivity contribution in [3.63, 3.8) is 0 Å². The average Bonchev–Trinajstić information content (AvgIpc) is 2.88. The molecule has 2 unspecified atom stereocenters. The van der Waals surface area contributed by atoms with Gasteiger partial charge in [-0.2, -0.15) is 0 Å². The number of hydrogen-bond acceptors (Lipinski definition) is 4. The van der Waals surface area contributed by atoms with E-state index in [1.165, 1.54) is 12.7 Å². The summed E-state index contributed by atoms with van der Waals surface area (Å²) in [6, 6.07) is 1.78. The molecule has 6 heteroatoms. The Morgan fingerprint density at radius 3 is 2.78 bits per heavy atom. The molecule has 2 N–H and O–H groups in total. The molecule has 0 bridgehead atoms. The van der Waals surface area contributed by atoms with Gasteiger partial charge in [-0.05, 0) is 39.2 Å². The third-order valence-corrected chi connectivity index (χ3v) is 5.29. The molecule has 1 aromatic rings. The average molecular weight is 320 g/mol. The van der Waals surface area contributed by atoms with Crippen LogP contribution >= 0.6 is 0 Å². The highest BCUT2D eigenvalue weighted by Gasteiger charge is 2.59. The van der Waals surface area contributed by atoms with E-state index in [0.717, 1.165) is 19.3 Å². The number of carbonyl (C=O) groups excluding carboxylic acids is 2. The van der Waals surface area contributed by atoms with Crippen LogP contribution in [0.5, 0.6) is 0 Å². The highest BCUT2D eigenvalue weighted by Crippen LogP contribution is 2.57. The van der Waals surface area contributed by atoms with Crippen molar-refractivity contribution in [2.24, 2.45) is 5.41 Å². The lowest BCUT2D eigenvalue weighted by molar-refractivity contribution is -0.175. The number of rotatable bonds is 6. The zero-order valence-electron chi connectivity index (χ0n) is 13.7. The number of amides is 2. The van der Waals surface area contributed by atoms with Crippen molar-refractivity contribution in [3.05, 3.63) is 23.7 Å². The van der Waals surface area contributed by atoms with Crippen LogP contribution in [-0.4, -0.2) is 37.1 Å². The van der Waals surface area contributed by atoms with Gasteiger partial charge in [-0.3, -0.25) is 9.59 Å². The Labute approximate surface area is 135 Å². The zero-order chi connectivity index (χ0) is 16.4. The molecule has 2 aliphatic carbocycles. The first-order valence-electron chi connectivity index (χ1n) is 8.30. The van der Waals surface area contributed by atoms with Crippen LogP contribution in [0, 0.1) is 12.3 Å². The molecular weight excluding hydrogens is 296 g/mol. The predicted molar refractivity (Wildman–Crippen MR) is 84.0 cm³/mol. The van der Waals surface area contributed by atoms with Gasteiger partial charge in [0.05, 0.1) is 24.5 Å². The van der Waals surface area contributed by atoms with Gasteiger partial charge in [0.1, 0.15) is 5.76 Å². The quantitative estimate of drug-likeness (QED) is 0.837. The SMILES string of the molecule is CCOC1CC(NC(=O)CNC(=O)c2ccoc2C)C12CCC2. The second-order valence-electron chi connectivity index (χ2n) is 6.46. The first kappa shape index (κ1) is 16.1. The van der Waals surface area contributed by atoms with Gasteiger partial charge in [0.25, 0.3) is 5.91 Å². The fraction of sp³-hybridized carbons (Fsp3) is 0.647. The smallest absolute Gasteiger partial charge is 0.255 e. The van der Waals surface area contributed by atoms with Crippen LogP contribution in [0.1, 0.15) is 48.7 Å². The summed E-state index contributed by atoms with van der Waals surface area (Å²) in [6.07, 6.45) is 6.04. The van der Waals surface area contributed by atoms with Gasteiger partial charge in [-0.15, -0.1) is 0 Å². The Morgan fingerprint density at radius 1 is 1.43 bits per heavy atom. The van der Waals surface area contributed by atoms with Gasteiger partial charge in [0, 0.05) is 18.1 Å². The first-order chi connectivity index (χ1) is 11.1.